The first kappa shape index (κ1) is 32.5. The molecule has 0 bridgehead atoms. The standard InChI is InChI=1S/C4H6O5.C4H6O2.2C3H8O3/c5-2(4(8)9)1-3(6)7;1-3(2)4(5)6;2*4-1-3(6)2-5/h2,5H,1H2,(H,6,7)(H,8,9);1H2,2H3,(H,5,6);2*3-6H,1-2H2. The van der Waals surface area contributed by atoms with E-state index in [2.05, 4.69) is 6.58 Å². The summed E-state index contributed by atoms with van der Waals surface area (Å²) in [4.78, 5) is 29.0. The van der Waals surface area contributed by atoms with Crippen LogP contribution in [-0.4, -0.2) is 114 Å². The highest BCUT2D eigenvalue weighted by atomic mass is 16.4. The van der Waals surface area contributed by atoms with Crippen LogP contribution in [0.2, 0.25) is 0 Å². The number of hydrogen-bond acceptors (Lipinski definition) is 10. The number of carbonyl (C=O) groups is 3. The van der Waals surface area contributed by atoms with Crippen molar-refractivity contribution in [2.24, 2.45) is 0 Å². The quantitative estimate of drug-likeness (QED) is 0.174. The molecule has 0 rings (SSSR count). The van der Waals surface area contributed by atoms with Gasteiger partial charge in [-0.2, -0.15) is 0 Å². The average Bonchev–Trinajstić information content (AvgIpc) is 2.60. The van der Waals surface area contributed by atoms with E-state index < -0.39 is 42.6 Å². The first-order chi connectivity index (χ1) is 12.3. The van der Waals surface area contributed by atoms with Gasteiger partial charge in [0, 0.05) is 5.57 Å². The van der Waals surface area contributed by atoms with Crippen LogP contribution in [0.5, 0.6) is 0 Å². The van der Waals surface area contributed by atoms with Gasteiger partial charge >= 0.3 is 17.9 Å². The predicted octanol–water partition coefficient (Wildman–Crippen LogP) is -3.78. The van der Waals surface area contributed by atoms with E-state index in [0.717, 1.165) is 0 Å². The van der Waals surface area contributed by atoms with Crippen LogP contribution in [0.15, 0.2) is 12.2 Å². The molecule has 0 aromatic carbocycles. The third-order valence-corrected chi connectivity index (χ3v) is 1.86. The normalized spacial score (nSPS) is 10.3. The molecule has 13 nitrogen and oxygen atoms in total. The van der Waals surface area contributed by atoms with Crippen LogP contribution >= 0.6 is 0 Å². The summed E-state index contributed by atoms with van der Waals surface area (Å²) in [6.45, 7) is 3.14. The first-order valence-electron chi connectivity index (χ1n) is 7.11. The number of hydrogen-bond donors (Lipinski definition) is 10. The van der Waals surface area contributed by atoms with E-state index in [1.165, 1.54) is 6.92 Å². The minimum atomic E-state index is -1.79. The Morgan fingerprint density at radius 3 is 1.07 bits per heavy atom. The van der Waals surface area contributed by atoms with E-state index in [0.29, 0.717) is 0 Å². The summed E-state index contributed by atoms with van der Waals surface area (Å²) in [6, 6.07) is 0. The molecule has 0 aliphatic rings. The Morgan fingerprint density at radius 1 is 0.778 bits per heavy atom. The Labute approximate surface area is 154 Å². The van der Waals surface area contributed by atoms with Crippen LogP contribution in [0, 0.1) is 0 Å². The lowest BCUT2D eigenvalue weighted by atomic mass is 10.3. The fraction of sp³-hybridized carbons (Fsp3) is 0.643. The smallest absolute Gasteiger partial charge is 0.333 e. The van der Waals surface area contributed by atoms with E-state index in [1.54, 1.807) is 0 Å². The van der Waals surface area contributed by atoms with Crippen molar-refractivity contribution in [1.82, 2.24) is 0 Å². The van der Waals surface area contributed by atoms with Crippen LogP contribution in [0.25, 0.3) is 0 Å². The molecule has 0 fully saturated rings. The SMILES string of the molecule is C=C(C)C(=O)O.O=C(O)CC(O)C(=O)O.OCC(O)CO.OCC(O)CO. The number of aliphatic hydroxyl groups excluding tert-OH is 7. The largest absolute Gasteiger partial charge is 0.481 e. The second-order valence-corrected chi connectivity index (χ2v) is 4.58. The van der Waals surface area contributed by atoms with Gasteiger partial charge in [-0.1, -0.05) is 6.58 Å². The number of aliphatic carboxylic acids is 3. The molecule has 0 aromatic rings. The zero-order chi connectivity index (χ0) is 22.6. The van der Waals surface area contributed by atoms with Gasteiger partial charge < -0.3 is 51.1 Å². The van der Waals surface area contributed by atoms with Gasteiger partial charge in [0.15, 0.2) is 6.10 Å². The van der Waals surface area contributed by atoms with Gasteiger partial charge in [0.05, 0.1) is 32.8 Å². The van der Waals surface area contributed by atoms with Crippen molar-refractivity contribution >= 4 is 17.9 Å². The Bertz CT molecular complexity index is 380. The molecule has 1 atom stereocenters. The maximum atomic E-state index is 9.72. The van der Waals surface area contributed by atoms with Gasteiger partial charge in [0.2, 0.25) is 0 Å². The average molecular weight is 404 g/mol. The molecular formula is C14H28O13. The minimum Gasteiger partial charge on any atom is -0.481 e. The zero-order valence-electron chi connectivity index (χ0n) is 14.7. The Kier molecular flexibility index (Phi) is 26.4. The maximum absolute atomic E-state index is 9.72. The van der Waals surface area contributed by atoms with Gasteiger partial charge in [0.25, 0.3) is 0 Å². The molecule has 13 heteroatoms. The molecule has 10 N–H and O–H groups in total. The number of carboxylic acids is 3. The van der Waals surface area contributed by atoms with E-state index in [-0.39, 0.29) is 32.0 Å². The van der Waals surface area contributed by atoms with E-state index in [1.807, 2.05) is 0 Å². The molecule has 0 aliphatic heterocycles. The predicted molar refractivity (Wildman–Crippen MR) is 88.7 cm³/mol. The monoisotopic (exact) mass is 404 g/mol. The topological polar surface area (TPSA) is 254 Å². The summed E-state index contributed by atoms with van der Waals surface area (Å²) in [5.41, 5.74) is 0.176. The summed E-state index contributed by atoms with van der Waals surface area (Å²) in [6.07, 6.45) is -4.45. The van der Waals surface area contributed by atoms with Crippen molar-refractivity contribution in [2.45, 2.75) is 31.7 Å². The fourth-order valence-corrected chi connectivity index (χ4v) is 0.368. The molecule has 0 aromatic heterocycles. The highest BCUT2D eigenvalue weighted by molar-refractivity contribution is 5.84. The summed E-state index contributed by atoms with van der Waals surface area (Å²) < 4.78 is 0. The van der Waals surface area contributed by atoms with E-state index >= 15 is 0 Å². The molecular weight excluding hydrogens is 376 g/mol. The lowest BCUT2D eigenvalue weighted by Crippen LogP contribution is -2.22. The Morgan fingerprint density at radius 2 is 1.04 bits per heavy atom. The number of rotatable bonds is 8. The Hall–Kier alpha value is -2.13. The molecule has 162 valence electrons. The van der Waals surface area contributed by atoms with Gasteiger partial charge in [-0.3, -0.25) is 4.79 Å². The van der Waals surface area contributed by atoms with Crippen molar-refractivity contribution in [3.8, 4) is 0 Å². The number of aliphatic hydroxyl groups is 7. The highest BCUT2D eigenvalue weighted by Gasteiger charge is 2.16. The van der Waals surface area contributed by atoms with E-state index in [4.69, 9.17) is 51.1 Å². The summed E-state index contributed by atoms with van der Waals surface area (Å²) in [5.74, 6) is -3.78. The van der Waals surface area contributed by atoms with Crippen LogP contribution in [0.3, 0.4) is 0 Å². The van der Waals surface area contributed by atoms with Crippen molar-refractivity contribution in [2.75, 3.05) is 26.4 Å². The lowest BCUT2D eigenvalue weighted by molar-refractivity contribution is -0.152. The minimum absolute atomic E-state index is 0.176. The molecule has 1 unspecified atom stereocenters. The molecule has 0 saturated carbocycles. The third kappa shape index (κ3) is 35.8. The van der Waals surface area contributed by atoms with Crippen molar-refractivity contribution in [1.29, 1.82) is 0 Å². The molecule has 27 heavy (non-hydrogen) atoms. The summed E-state index contributed by atoms with van der Waals surface area (Å²) >= 11 is 0. The zero-order valence-corrected chi connectivity index (χ0v) is 14.7. The third-order valence-electron chi connectivity index (χ3n) is 1.86. The fourth-order valence-electron chi connectivity index (χ4n) is 0.368. The molecule has 0 amide bonds. The molecule has 0 radical (unpaired) electrons. The first-order valence-corrected chi connectivity index (χ1v) is 7.11. The number of carboxylic acid groups (broad SMARTS) is 3. The summed E-state index contributed by atoms with van der Waals surface area (Å²) in [7, 11) is 0. The molecule has 0 spiro atoms. The van der Waals surface area contributed by atoms with Crippen LogP contribution in [0.4, 0.5) is 0 Å². The van der Waals surface area contributed by atoms with Crippen LogP contribution in [-0.2, 0) is 14.4 Å². The molecule has 0 aliphatic carbocycles. The molecule has 0 saturated heterocycles. The Balaban J connectivity index is -0.000000133. The van der Waals surface area contributed by atoms with Crippen LogP contribution < -0.4 is 0 Å². The van der Waals surface area contributed by atoms with Crippen molar-refractivity contribution in [3.63, 3.8) is 0 Å². The maximum Gasteiger partial charge on any atom is 0.333 e. The van der Waals surface area contributed by atoms with Gasteiger partial charge in [-0.15, -0.1) is 0 Å². The van der Waals surface area contributed by atoms with Gasteiger partial charge in [-0.05, 0) is 6.92 Å². The summed E-state index contributed by atoms with van der Waals surface area (Å²) in [5, 5.41) is 80.1. The second-order valence-electron chi connectivity index (χ2n) is 4.58. The lowest BCUT2D eigenvalue weighted by Gasteiger charge is -1.97. The van der Waals surface area contributed by atoms with Crippen molar-refractivity contribution in [3.05, 3.63) is 12.2 Å². The van der Waals surface area contributed by atoms with Crippen molar-refractivity contribution < 1.29 is 65.4 Å². The van der Waals surface area contributed by atoms with E-state index in [9.17, 15) is 14.4 Å². The van der Waals surface area contributed by atoms with Gasteiger partial charge in [0.1, 0.15) is 12.2 Å². The molecule has 0 heterocycles. The van der Waals surface area contributed by atoms with Gasteiger partial charge in [-0.25, -0.2) is 9.59 Å². The van der Waals surface area contributed by atoms with Crippen LogP contribution in [0.1, 0.15) is 13.3 Å². The second kappa shape index (κ2) is 21.9. The highest BCUT2D eigenvalue weighted by Crippen LogP contribution is 1.89.